The monoisotopic (exact) mass is 733 g/mol. The molecule has 7 aromatic carbocycles. The van der Waals surface area contributed by atoms with E-state index in [0.717, 1.165) is 55.7 Å². The van der Waals surface area contributed by atoms with Gasteiger partial charge in [-0.2, -0.15) is 0 Å². The molecular weight excluding hydrogens is 703 g/mol. The van der Waals surface area contributed by atoms with Gasteiger partial charge >= 0.3 is 0 Å². The lowest BCUT2D eigenvalue weighted by Gasteiger charge is -2.13. The van der Waals surface area contributed by atoms with E-state index in [0.29, 0.717) is 17.5 Å². The van der Waals surface area contributed by atoms with E-state index in [1.807, 2.05) is 72.0 Å². The SMILES string of the molecule is c1ccc(-c2nc(-c3ccccc3)nc(-c3ccc(-c4cccc5nc(-c6ccccc6)c6sc7c(c8ccccc8n7-c7ccccc7)c6c45)cc3)n2)cc1. The maximum absolute atomic E-state index is 5.43. The number of thiophene rings is 1. The Morgan fingerprint density at radius 3 is 1.52 bits per heavy atom. The Morgan fingerprint density at radius 1 is 0.375 bits per heavy atom. The summed E-state index contributed by atoms with van der Waals surface area (Å²) in [6.07, 6.45) is 0. The third-order valence-corrected chi connectivity index (χ3v) is 11.6. The Morgan fingerprint density at radius 2 is 0.893 bits per heavy atom. The third kappa shape index (κ3) is 5.30. The molecule has 0 saturated heterocycles. The van der Waals surface area contributed by atoms with Crippen molar-refractivity contribution < 1.29 is 0 Å². The highest BCUT2D eigenvalue weighted by Crippen LogP contribution is 2.49. The molecule has 0 radical (unpaired) electrons. The number of pyridine rings is 1. The number of benzene rings is 7. The highest BCUT2D eigenvalue weighted by molar-refractivity contribution is 7.26. The van der Waals surface area contributed by atoms with Crippen LogP contribution in [0.25, 0.3) is 104 Å². The van der Waals surface area contributed by atoms with Crippen molar-refractivity contribution in [2.45, 2.75) is 0 Å². The molecule has 0 aliphatic rings. The summed E-state index contributed by atoms with van der Waals surface area (Å²) < 4.78 is 3.59. The number of para-hydroxylation sites is 2. The van der Waals surface area contributed by atoms with Crippen LogP contribution in [0.1, 0.15) is 0 Å². The van der Waals surface area contributed by atoms with Crippen molar-refractivity contribution >= 4 is 53.4 Å². The van der Waals surface area contributed by atoms with E-state index in [2.05, 4.69) is 132 Å². The van der Waals surface area contributed by atoms with Gasteiger partial charge in [0.2, 0.25) is 0 Å². The predicted octanol–water partition coefficient (Wildman–Crippen LogP) is 13.1. The van der Waals surface area contributed by atoms with Crippen LogP contribution >= 0.6 is 11.3 Å². The molecule has 262 valence electrons. The molecule has 11 aromatic rings. The van der Waals surface area contributed by atoms with Gasteiger partial charge in [0.05, 0.1) is 21.4 Å². The smallest absolute Gasteiger partial charge is 0.164 e. The van der Waals surface area contributed by atoms with Crippen molar-refractivity contribution in [2.24, 2.45) is 0 Å². The van der Waals surface area contributed by atoms with Gasteiger partial charge in [0.1, 0.15) is 4.83 Å². The molecule has 5 nitrogen and oxygen atoms in total. The van der Waals surface area contributed by atoms with Gasteiger partial charge in [-0.1, -0.05) is 164 Å². The highest BCUT2D eigenvalue weighted by atomic mass is 32.1. The van der Waals surface area contributed by atoms with E-state index in [1.54, 1.807) is 0 Å². The van der Waals surface area contributed by atoms with Crippen molar-refractivity contribution in [1.82, 2.24) is 24.5 Å². The van der Waals surface area contributed by atoms with Crippen LogP contribution in [0, 0.1) is 0 Å². The van der Waals surface area contributed by atoms with E-state index >= 15 is 0 Å². The standard InChI is InChI=1S/C50H31N5S/c1-5-16-33(17-6-1)45-46-44(43-39-24-13-14-27-41(39)55(50(43)56-46)37-22-11-4-12-23-37)42-38(25-15-26-40(42)51-45)32-28-30-36(31-29-32)49-53-47(34-18-7-2-8-19-34)52-48(54-49)35-20-9-3-10-21-35/h1-31H. The lowest BCUT2D eigenvalue weighted by Crippen LogP contribution is -2.00. The second kappa shape index (κ2) is 13.2. The molecule has 0 unspecified atom stereocenters. The minimum Gasteiger partial charge on any atom is -0.301 e. The Balaban J connectivity index is 1.14. The topological polar surface area (TPSA) is 56.5 Å². The summed E-state index contributed by atoms with van der Waals surface area (Å²) in [6, 6.07) is 65.3. The Kier molecular flexibility index (Phi) is 7.60. The number of aromatic nitrogens is 5. The van der Waals surface area contributed by atoms with E-state index in [1.165, 1.54) is 31.2 Å². The van der Waals surface area contributed by atoms with Crippen LogP contribution in [0.3, 0.4) is 0 Å². The molecule has 0 N–H and O–H groups in total. The molecule has 11 rings (SSSR count). The van der Waals surface area contributed by atoms with Crippen LogP contribution in [0.2, 0.25) is 0 Å². The molecule has 4 heterocycles. The molecule has 56 heavy (non-hydrogen) atoms. The number of fused-ring (bicyclic) bond motifs is 7. The molecule has 0 spiro atoms. The largest absolute Gasteiger partial charge is 0.301 e. The lowest BCUT2D eigenvalue weighted by molar-refractivity contribution is 1.07. The number of nitrogens with zero attached hydrogens (tertiary/aromatic N) is 5. The molecule has 0 fully saturated rings. The van der Waals surface area contributed by atoms with E-state index in [4.69, 9.17) is 19.9 Å². The second-order valence-electron chi connectivity index (χ2n) is 13.8. The normalized spacial score (nSPS) is 11.6. The van der Waals surface area contributed by atoms with Gasteiger partial charge in [0.25, 0.3) is 0 Å². The lowest BCUT2D eigenvalue weighted by atomic mass is 9.95. The zero-order valence-electron chi connectivity index (χ0n) is 30.0. The quantitative estimate of drug-likeness (QED) is 0.171. The van der Waals surface area contributed by atoms with E-state index in [-0.39, 0.29) is 0 Å². The molecule has 0 saturated carbocycles. The van der Waals surface area contributed by atoms with Gasteiger partial charge in [-0.25, -0.2) is 19.9 Å². The average Bonchev–Trinajstić information content (AvgIpc) is 3.82. The number of rotatable bonds is 6. The molecule has 0 amide bonds. The summed E-state index contributed by atoms with van der Waals surface area (Å²) in [5.74, 6) is 1.92. The second-order valence-corrected chi connectivity index (χ2v) is 14.8. The van der Waals surface area contributed by atoms with Crippen LogP contribution in [0.4, 0.5) is 0 Å². The molecule has 4 aromatic heterocycles. The third-order valence-electron chi connectivity index (χ3n) is 10.5. The van der Waals surface area contributed by atoms with Gasteiger partial charge in [0.15, 0.2) is 17.5 Å². The summed E-state index contributed by atoms with van der Waals surface area (Å²) >= 11 is 1.83. The van der Waals surface area contributed by atoms with Crippen molar-refractivity contribution in [3.63, 3.8) is 0 Å². The Hall–Kier alpha value is -7.28. The van der Waals surface area contributed by atoms with Gasteiger partial charge in [-0.15, -0.1) is 11.3 Å². The van der Waals surface area contributed by atoms with Gasteiger partial charge in [-0.05, 0) is 35.4 Å². The van der Waals surface area contributed by atoms with E-state index < -0.39 is 0 Å². The average molecular weight is 734 g/mol. The minimum absolute atomic E-state index is 0.631. The summed E-state index contributed by atoms with van der Waals surface area (Å²) in [4.78, 5) is 21.5. The number of hydrogen-bond donors (Lipinski definition) is 0. The first-order valence-corrected chi connectivity index (χ1v) is 19.5. The zero-order valence-corrected chi connectivity index (χ0v) is 30.9. The summed E-state index contributed by atoms with van der Waals surface area (Å²) in [7, 11) is 0. The first-order chi connectivity index (χ1) is 27.8. The summed E-state index contributed by atoms with van der Waals surface area (Å²) in [5, 5.41) is 4.87. The molecular formula is C50H31N5S. The zero-order chi connectivity index (χ0) is 37.0. The Labute approximate surface area is 326 Å². The molecule has 0 aliphatic heterocycles. The van der Waals surface area contributed by atoms with Crippen molar-refractivity contribution in [2.75, 3.05) is 0 Å². The maximum atomic E-state index is 5.43. The fraction of sp³-hybridized carbons (Fsp3) is 0. The van der Waals surface area contributed by atoms with Crippen molar-refractivity contribution in [3.05, 3.63) is 188 Å². The van der Waals surface area contributed by atoms with Crippen molar-refractivity contribution in [1.29, 1.82) is 0 Å². The first-order valence-electron chi connectivity index (χ1n) is 18.7. The van der Waals surface area contributed by atoms with Crippen LogP contribution < -0.4 is 0 Å². The molecule has 0 bridgehead atoms. The fourth-order valence-corrected chi connectivity index (χ4v) is 9.26. The number of hydrogen-bond acceptors (Lipinski definition) is 5. The summed E-state index contributed by atoms with van der Waals surface area (Å²) in [6.45, 7) is 0. The van der Waals surface area contributed by atoms with Gasteiger partial charge in [0, 0.05) is 49.5 Å². The predicted molar refractivity (Wildman–Crippen MR) is 232 cm³/mol. The van der Waals surface area contributed by atoms with Crippen LogP contribution in [-0.4, -0.2) is 24.5 Å². The molecule has 0 atom stereocenters. The highest BCUT2D eigenvalue weighted by Gasteiger charge is 2.24. The van der Waals surface area contributed by atoms with Gasteiger partial charge < -0.3 is 4.57 Å². The van der Waals surface area contributed by atoms with Crippen molar-refractivity contribution in [3.8, 4) is 62.2 Å². The summed E-state index contributed by atoms with van der Waals surface area (Å²) in [5.41, 5.74) is 10.5. The molecule has 6 heteroatoms. The Bertz CT molecular complexity index is 3150. The van der Waals surface area contributed by atoms with Crippen LogP contribution in [-0.2, 0) is 0 Å². The minimum atomic E-state index is 0.631. The van der Waals surface area contributed by atoms with Gasteiger partial charge in [-0.3, -0.25) is 0 Å². The van der Waals surface area contributed by atoms with E-state index in [9.17, 15) is 0 Å². The van der Waals surface area contributed by atoms with Crippen LogP contribution in [0.15, 0.2) is 188 Å². The van der Waals surface area contributed by atoms with Crippen LogP contribution in [0.5, 0.6) is 0 Å². The first kappa shape index (κ1) is 32.2. The maximum Gasteiger partial charge on any atom is 0.164 e. The molecule has 0 aliphatic carbocycles. The fourth-order valence-electron chi connectivity index (χ4n) is 7.89.